The molecule has 0 fully saturated rings. The van der Waals surface area contributed by atoms with Gasteiger partial charge in [-0.3, -0.25) is 19.5 Å². The van der Waals surface area contributed by atoms with Crippen molar-refractivity contribution >= 4 is 34.6 Å². The number of primary amides is 1. The van der Waals surface area contributed by atoms with Gasteiger partial charge in [0.25, 0.3) is 5.56 Å². The second kappa shape index (κ2) is 10.2. The molecule has 152 valence electrons. The van der Waals surface area contributed by atoms with Gasteiger partial charge < -0.3 is 10.6 Å². The van der Waals surface area contributed by atoms with Crippen LogP contribution in [-0.4, -0.2) is 51.3 Å². The lowest BCUT2D eigenvalue weighted by Gasteiger charge is -2.19. The van der Waals surface area contributed by atoms with Crippen LogP contribution < -0.4 is 16.6 Å². The molecule has 0 spiro atoms. The number of amides is 3. The third kappa shape index (κ3) is 5.56. The van der Waals surface area contributed by atoms with E-state index in [2.05, 4.69) is 29.0 Å². The summed E-state index contributed by atoms with van der Waals surface area (Å²) in [5, 5.41) is 2.43. The number of fused-ring (bicyclic) bond motifs is 1. The van der Waals surface area contributed by atoms with E-state index in [-0.39, 0.29) is 5.56 Å². The van der Waals surface area contributed by atoms with Crippen molar-refractivity contribution in [1.82, 2.24) is 19.8 Å². The fraction of sp³-hybridized carbons (Fsp3) is 0.474. The van der Waals surface area contributed by atoms with Crippen molar-refractivity contribution in [3.63, 3.8) is 0 Å². The summed E-state index contributed by atoms with van der Waals surface area (Å²) in [7, 11) is 0. The number of nitrogens with zero attached hydrogens (tertiary/aromatic N) is 3. The number of imide groups is 1. The first kappa shape index (κ1) is 21.9. The van der Waals surface area contributed by atoms with Crippen LogP contribution in [0.1, 0.15) is 27.2 Å². The molecule has 0 saturated heterocycles. The number of urea groups is 1. The number of thioether (sulfide) groups is 1. The zero-order valence-corrected chi connectivity index (χ0v) is 17.3. The SMILES string of the molecule is CCN(CC)CCCn1c(SC(C)C(=O)NC(N)=O)nc2ccccc2c1=O. The lowest BCUT2D eigenvalue weighted by Crippen LogP contribution is -2.39. The Balaban J connectivity index is 2.32. The minimum atomic E-state index is -0.902. The Bertz CT molecular complexity index is 895. The molecule has 0 radical (unpaired) electrons. The lowest BCUT2D eigenvalue weighted by atomic mass is 10.2. The number of hydrogen-bond donors (Lipinski definition) is 2. The van der Waals surface area contributed by atoms with E-state index in [1.165, 1.54) is 0 Å². The molecule has 9 heteroatoms. The zero-order valence-electron chi connectivity index (χ0n) is 16.5. The number of para-hydroxylation sites is 1. The molecule has 1 aromatic carbocycles. The molecule has 0 aliphatic carbocycles. The van der Waals surface area contributed by atoms with Crippen LogP contribution in [-0.2, 0) is 11.3 Å². The van der Waals surface area contributed by atoms with Crippen LogP contribution in [0.2, 0.25) is 0 Å². The van der Waals surface area contributed by atoms with Crippen molar-refractivity contribution in [1.29, 1.82) is 0 Å². The lowest BCUT2D eigenvalue weighted by molar-refractivity contribution is -0.119. The van der Waals surface area contributed by atoms with E-state index in [0.29, 0.717) is 22.6 Å². The van der Waals surface area contributed by atoms with Crippen molar-refractivity contribution < 1.29 is 9.59 Å². The van der Waals surface area contributed by atoms with E-state index in [9.17, 15) is 14.4 Å². The van der Waals surface area contributed by atoms with Gasteiger partial charge in [-0.2, -0.15) is 0 Å². The average molecular weight is 406 g/mol. The van der Waals surface area contributed by atoms with Crippen LogP contribution in [0.3, 0.4) is 0 Å². The molecule has 2 rings (SSSR count). The third-order valence-electron chi connectivity index (χ3n) is 4.47. The Hall–Kier alpha value is -2.39. The highest BCUT2D eigenvalue weighted by Gasteiger charge is 2.20. The van der Waals surface area contributed by atoms with Gasteiger partial charge in [-0.25, -0.2) is 9.78 Å². The molecule has 2 aromatic rings. The standard InChI is InChI=1S/C19H27N5O3S/c1-4-23(5-2)11-8-12-24-17(26)14-9-6-7-10-15(14)21-19(24)28-13(3)16(25)22-18(20)27/h6-7,9-10,13H,4-5,8,11-12H2,1-3H3,(H3,20,22,25,27). The molecule has 1 heterocycles. The summed E-state index contributed by atoms with van der Waals surface area (Å²) in [5.74, 6) is -0.519. The van der Waals surface area contributed by atoms with Crippen LogP contribution in [0, 0.1) is 0 Å². The smallest absolute Gasteiger partial charge is 0.318 e. The average Bonchev–Trinajstić information content (AvgIpc) is 2.66. The van der Waals surface area contributed by atoms with Gasteiger partial charge in [0.2, 0.25) is 5.91 Å². The topological polar surface area (TPSA) is 110 Å². The summed E-state index contributed by atoms with van der Waals surface area (Å²) in [5.41, 5.74) is 5.47. The van der Waals surface area contributed by atoms with Crippen LogP contribution in [0.15, 0.2) is 34.2 Å². The number of benzene rings is 1. The first-order chi connectivity index (χ1) is 13.4. The fourth-order valence-electron chi connectivity index (χ4n) is 2.86. The predicted octanol–water partition coefficient (Wildman–Crippen LogP) is 1.80. The molecule has 1 aromatic heterocycles. The molecule has 8 nitrogen and oxygen atoms in total. The molecule has 28 heavy (non-hydrogen) atoms. The van der Waals surface area contributed by atoms with Crippen molar-refractivity contribution in [3.05, 3.63) is 34.6 Å². The highest BCUT2D eigenvalue weighted by Crippen LogP contribution is 2.23. The van der Waals surface area contributed by atoms with E-state index >= 15 is 0 Å². The molecule has 3 amide bonds. The van der Waals surface area contributed by atoms with E-state index < -0.39 is 17.2 Å². The van der Waals surface area contributed by atoms with Gasteiger partial charge in [0.05, 0.1) is 16.2 Å². The number of carbonyl (C=O) groups excluding carboxylic acids is 2. The Morgan fingerprint density at radius 1 is 1.29 bits per heavy atom. The minimum Gasteiger partial charge on any atom is -0.351 e. The number of nitrogens with two attached hydrogens (primary N) is 1. The fourth-order valence-corrected chi connectivity index (χ4v) is 3.80. The van der Waals surface area contributed by atoms with Crippen molar-refractivity contribution in [3.8, 4) is 0 Å². The Morgan fingerprint density at radius 3 is 2.61 bits per heavy atom. The summed E-state index contributed by atoms with van der Waals surface area (Å²) < 4.78 is 1.62. The molecule has 0 saturated carbocycles. The highest BCUT2D eigenvalue weighted by molar-refractivity contribution is 8.00. The number of carbonyl (C=O) groups is 2. The van der Waals surface area contributed by atoms with E-state index in [1.54, 1.807) is 29.7 Å². The maximum absolute atomic E-state index is 13.0. The number of hydrogen-bond acceptors (Lipinski definition) is 6. The number of nitrogens with one attached hydrogen (secondary N) is 1. The molecule has 0 aliphatic heterocycles. The molecule has 0 aliphatic rings. The normalized spacial score (nSPS) is 12.3. The summed E-state index contributed by atoms with van der Waals surface area (Å²) in [4.78, 5) is 42.9. The molecule has 1 atom stereocenters. The maximum Gasteiger partial charge on any atom is 0.318 e. The molecular weight excluding hydrogens is 378 g/mol. The quantitative estimate of drug-likeness (QED) is 0.486. The summed E-state index contributed by atoms with van der Waals surface area (Å²) in [6, 6.07) is 6.25. The maximum atomic E-state index is 13.0. The molecule has 1 unspecified atom stereocenters. The second-order valence-electron chi connectivity index (χ2n) is 6.36. The van der Waals surface area contributed by atoms with Gasteiger partial charge in [-0.1, -0.05) is 37.7 Å². The number of aromatic nitrogens is 2. The van der Waals surface area contributed by atoms with E-state index in [1.807, 2.05) is 6.07 Å². The van der Waals surface area contributed by atoms with Crippen molar-refractivity contribution in [2.24, 2.45) is 5.73 Å². The second-order valence-corrected chi connectivity index (χ2v) is 7.67. The summed E-state index contributed by atoms with van der Waals surface area (Å²) in [6.45, 7) is 9.12. The van der Waals surface area contributed by atoms with Crippen molar-refractivity contribution in [2.45, 2.75) is 44.1 Å². The predicted molar refractivity (Wildman–Crippen MR) is 111 cm³/mol. The Labute approximate surface area is 168 Å². The molecule has 3 N–H and O–H groups in total. The first-order valence-corrected chi connectivity index (χ1v) is 10.2. The number of rotatable bonds is 9. The first-order valence-electron chi connectivity index (χ1n) is 9.36. The Morgan fingerprint density at radius 2 is 1.96 bits per heavy atom. The van der Waals surface area contributed by atoms with Gasteiger partial charge in [0.15, 0.2) is 5.16 Å². The monoisotopic (exact) mass is 405 g/mol. The van der Waals surface area contributed by atoms with Gasteiger partial charge >= 0.3 is 6.03 Å². The van der Waals surface area contributed by atoms with Gasteiger partial charge in [0, 0.05) is 6.54 Å². The molecular formula is C19H27N5O3S. The van der Waals surface area contributed by atoms with Crippen LogP contribution >= 0.6 is 11.8 Å². The van der Waals surface area contributed by atoms with Gasteiger partial charge in [-0.15, -0.1) is 0 Å². The Kier molecular flexibility index (Phi) is 8.01. The zero-order chi connectivity index (χ0) is 20.7. The van der Waals surface area contributed by atoms with Crippen LogP contribution in [0.5, 0.6) is 0 Å². The largest absolute Gasteiger partial charge is 0.351 e. The van der Waals surface area contributed by atoms with E-state index in [0.717, 1.165) is 37.8 Å². The van der Waals surface area contributed by atoms with Crippen LogP contribution in [0.25, 0.3) is 10.9 Å². The molecule has 0 bridgehead atoms. The van der Waals surface area contributed by atoms with Gasteiger partial charge in [-0.05, 0) is 45.1 Å². The minimum absolute atomic E-state index is 0.129. The summed E-state index contributed by atoms with van der Waals surface area (Å²) in [6.07, 6.45) is 0.789. The van der Waals surface area contributed by atoms with Gasteiger partial charge in [0.1, 0.15) is 0 Å². The van der Waals surface area contributed by atoms with Crippen LogP contribution in [0.4, 0.5) is 4.79 Å². The van der Waals surface area contributed by atoms with Crippen molar-refractivity contribution in [2.75, 3.05) is 19.6 Å². The third-order valence-corrected chi connectivity index (χ3v) is 5.57. The van der Waals surface area contributed by atoms with E-state index in [4.69, 9.17) is 5.73 Å². The summed E-state index contributed by atoms with van der Waals surface area (Å²) >= 11 is 1.14. The highest BCUT2D eigenvalue weighted by atomic mass is 32.2.